The van der Waals surface area contributed by atoms with Gasteiger partial charge in [0.15, 0.2) is 5.96 Å². The van der Waals surface area contributed by atoms with Gasteiger partial charge in [-0.05, 0) is 25.0 Å². The number of anilines is 1. The maximum Gasteiger partial charge on any atom is 0.193 e. The highest BCUT2D eigenvalue weighted by atomic mass is 16.5. The predicted octanol–water partition coefficient (Wildman–Crippen LogP) is 2.72. The van der Waals surface area contributed by atoms with Gasteiger partial charge in [0, 0.05) is 38.9 Å². The molecular formula is C19H32N4O. The summed E-state index contributed by atoms with van der Waals surface area (Å²) in [6.07, 6.45) is 2.38. The zero-order valence-electron chi connectivity index (χ0n) is 15.4. The largest absolute Gasteiger partial charge is 0.378 e. The number of hydrogen-bond acceptors (Lipinski definition) is 3. The van der Waals surface area contributed by atoms with Gasteiger partial charge in [0.2, 0.25) is 0 Å². The van der Waals surface area contributed by atoms with Crippen molar-refractivity contribution >= 4 is 11.6 Å². The van der Waals surface area contributed by atoms with E-state index in [2.05, 4.69) is 60.3 Å². The standard InChI is InChI=1S/C19H32N4O/c1-4-6-11-22(3)19(20-5-2)21-16-17-9-7-8-10-18(17)23-12-14-24-15-13-23/h7-10H,4-6,11-16H2,1-3H3,(H,20,21). The van der Waals surface area contributed by atoms with Crippen LogP contribution in [0.2, 0.25) is 0 Å². The van der Waals surface area contributed by atoms with Crippen LogP contribution in [0.25, 0.3) is 0 Å². The summed E-state index contributed by atoms with van der Waals surface area (Å²) in [5.74, 6) is 0.989. The first kappa shape index (κ1) is 18.6. The van der Waals surface area contributed by atoms with Crippen molar-refractivity contribution in [2.24, 2.45) is 4.99 Å². The van der Waals surface area contributed by atoms with Gasteiger partial charge in [0.25, 0.3) is 0 Å². The van der Waals surface area contributed by atoms with Crippen molar-refractivity contribution in [2.75, 3.05) is 51.3 Å². The number of unbranched alkanes of at least 4 members (excludes halogenated alkanes) is 1. The summed E-state index contributed by atoms with van der Waals surface area (Å²) in [5.41, 5.74) is 2.57. The van der Waals surface area contributed by atoms with Crippen LogP contribution in [0, 0.1) is 0 Å². The fourth-order valence-electron chi connectivity index (χ4n) is 2.89. The number of benzene rings is 1. The number of rotatable bonds is 7. The third kappa shape index (κ3) is 5.41. The Balaban J connectivity index is 2.09. The average Bonchev–Trinajstić information content (AvgIpc) is 2.64. The molecule has 0 bridgehead atoms. The van der Waals surface area contributed by atoms with Crippen molar-refractivity contribution < 1.29 is 4.74 Å². The van der Waals surface area contributed by atoms with Gasteiger partial charge >= 0.3 is 0 Å². The monoisotopic (exact) mass is 332 g/mol. The fraction of sp³-hybridized carbons (Fsp3) is 0.632. The van der Waals surface area contributed by atoms with Crippen molar-refractivity contribution in [1.29, 1.82) is 0 Å². The number of nitrogens with one attached hydrogen (secondary N) is 1. The lowest BCUT2D eigenvalue weighted by molar-refractivity contribution is 0.122. The maximum absolute atomic E-state index is 5.47. The van der Waals surface area contributed by atoms with Crippen LogP contribution in [0.15, 0.2) is 29.3 Å². The van der Waals surface area contributed by atoms with Crippen molar-refractivity contribution in [3.8, 4) is 0 Å². The van der Waals surface area contributed by atoms with E-state index in [0.717, 1.165) is 45.4 Å². The van der Waals surface area contributed by atoms with Crippen molar-refractivity contribution in [1.82, 2.24) is 10.2 Å². The molecule has 1 aromatic rings. The molecule has 1 N–H and O–H groups in total. The van der Waals surface area contributed by atoms with Gasteiger partial charge in [-0.15, -0.1) is 0 Å². The Morgan fingerprint density at radius 1 is 1.25 bits per heavy atom. The number of hydrogen-bond donors (Lipinski definition) is 1. The number of aliphatic imine (C=N–C) groups is 1. The molecule has 0 aromatic heterocycles. The van der Waals surface area contributed by atoms with E-state index < -0.39 is 0 Å². The maximum atomic E-state index is 5.47. The minimum atomic E-state index is 0.701. The van der Waals surface area contributed by atoms with Crippen LogP contribution in [-0.2, 0) is 11.3 Å². The van der Waals surface area contributed by atoms with E-state index in [4.69, 9.17) is 9.73 Å². The zero-order valence-corrected chi connectivity index (χ0v) is 15.4. The van der Waals surface area contributed by atoms with Crippen LogP contribution >= 0.6 is 0 Å². The van der Waals surface area contributed by atoms with Gasteiger partial charge in [0.05, 0.1) is 19.8 Å². The number of ether oxygens (including phenoxy) is 1. The molecule has 0 saturated carbocycles. The van der Waals surface area contributed by atoms with Gasteiger partial charge in [-0.2, -0.15) is 0 Å². The van der Waals surface area contributed by atoms with Crippen LogP contribution in [0.5, 0.6) is 0 Å². The van der Waals surface area contributed by atoms with Crippen molar-refractivity contribution in [2.45, 2.75) is 33.2 Å². The number of nitrogens with zero attached hydrogens (tertiary/aromatic N) is 3. The van der Waals surface area contributed by atoms with E-state index in [1.54, 1.807) is 0 Å². The summed E-state index contributed by atoms with van der Waals surface area (Å²) >= 11 is 0. The summed E-state index contributed by atoms with van der Waals surface area (Å²) in [7, 11) is 2.12. The Bertz CT molecular complexity index is 512. The van der Waals surface area contributed by atoms with E-state index in [1.807, 2.05) is 0 Å². The van der Waals surface area contributed by atoms with Gasteiger partial charge in [-0.1, -0.05) is 31.5 Å². The van der Waals surface area contributed by atoms with E-state index in [1.165, 1.54) is 24.1 Å². The van der Waals surface area contributed by atoms with Crippen molar-refractivity contribution in [3.63, 3.8) is 0 Å². The summed E-state index contributed by atoms with van der Waals surface area (Å²) in [6.45, 7) is 10.5. The number of morpholine rings is 1. The molecule has 1 heterocycles. The summed E-state index contributed by atoms with van der Waals surface area (Å²) in [4.78, 5) is 9.50. The van der Waals surface area contributed by atoms with Gasteiger partial charge < -0.3 is 19.9 Å². The van der Waals surface area contributed by atoms with Crippen LogP contribution in [-0.4, -0.2) is 57.3 Å². The molecule has 1 aliphatic heterocycles. The number of guanidine groups is 1. The van der Waals surface area contributed by atoms with E-state index >= 15 is 0 Å². The molecule has 0 amide bonds. The summed E-state index contributed by atoms with van der Waals surface area (Å²) < 4.78 is 5.47. The molecule has 1 saturated heterocycles. The van der Waals surface area contributed by atoms with Gasteiger partial charge in [-0.3, -0.25) is 0 Å². The molecule has 134 valence electrons. The lowest BCUT2D eigenvalue weighted by Gasteiger charge is -2.30. The average molecular weight is 332 g/mol. The highest BCUT2D eigenvalue weighted by molar-refractivity contribution is 5.79. The number of para-hydroxylation sites is 1. The molecule has 0 aliphatic carbocycles. The second-order valence-electron chi connectivity index (χ2n) is 6.17. The van der Waals surface area contributed by atoms with E-state index in [9.17, 15) is 0 Å². The van der Waals surface area contributed by atoms with Gasteiger partial charge in [0.1, 0.15) is 0 Å². The first-order valence-corrected chi connectivity index (χ1v) is 9.16. The Hall–Kier alpha value is -1.75. The minimum Gasteiger partial charge on any atom is -0.378 e. The zero-order chi connectivity index (χ0) is 17.2. The first-order valence-electron chi connectivity index (χ1n) is 9.16. The van der Waals surface area contributed by atoms with Gasteiger partial charge in [-0.25, -0.2) is 4.99 Å². The first-order chi connectivity index (χ1) is 11.8. The fourth-order valence-corrected chi connectivity index (χ4v) is 2.89. The summed E-state index contributed by atoms with van der Waals surface area (Å²) in [5, 5.41) is 3.40. The molecule has 5 nitrogen and oxygen atoms in total. The second-order valence-corrected chi connectivity index (χ2v) is 6.17. The highest BCUT2D eigenvalue weighted by Crippen LogP contribution is 2.22. The molecule has 0 atom stereocenters. The Labute approximate surface area is 146 Å². The Morgan fingerprint density at radius 2 is 2.00 bits per heavy atom. The molecule has 1 aliphatic rings. The van der Waals surface area contributed by atoms with E-state index in [-0.39, 0.29) is 0 Å². The van der Waals surface area contributed by atoms with E-state index in [0.29, 0.717) is 6.54 Å². The minimum absolute atomic E-state index is 0.701. The Kier molecular flexibility index (Phi) is 7.89. The van der Waals surface area contributed by atoms with Crippen molar-refractivity contribution in [3.05, 3.63) is 29.8 Å². The normalized spacial score (nSPS) is 15.5. The lowest BCUT2D eigenvalue weighted by atomic mass is 10.1. The summed E-state index contributed by atoms with van der Waals surface area (Å²) in [6, 6.07) is 8.59. The smallest absolute Gasteiger partial charge is 0.193 e. The second kappa shape index (κ2) is 10.2. The third-order valence-electron chi connectivity index (χ3n) is 4.29. The molecule has 1 fully saturated rings. The SMILES string of the molecule is CCCCN(C)C(=NCc1ccccc1N1CCOCC1)NCC. The van der Waals surface area contributed by atoms with Crippen LogP contribution in [0.1, 0.15) is 32.3 Å². The molecule has 24 heavy (non-hydrogen) atoms. The molecule has 2 rings (SSSR count). The topological polar surface area (TPSA) is 40.1 Å². The Morgan fingerprint density at radius 3 is 2.71 bits per heavy atom. The molecule has 0 radical (unpaired) electrons. The molecule has 0 unspecified atom stereocenters. The molecule has 0 spiro atoms. The van der Waals surface area contributed by atoms with Crippen LogP contribution in [0.4, 0.5) is 5.69 Å². The quantitative estimate of drug-likeness (QED) is 0.616. The van der Waals surface area contributed by atoms with Crippen LogP contribution < -0.4 is 10.2 Å². The molecule has 1 aromatic carbocycles. The molecule has 5 heteroatoms. The molecular weight excluding hydrogens is 300 g/mol. The third-order valence-corrected chi connectivity index (χ3v) is 4.29. The van der Waals surface area contributed by atoms with Crippen LogP contribution in [0.3, 0.4) is 0 Å². The highest BCUT2D eigenvalue weighted by Gasteiger charge is 2.14. The predicted molar refractivity (Wildman–Crippen MR) is 102 cm³/mol. The lowest BCUT2D eigenvalue weighted by Crippen LogP contribution is -2.39.